The minimum Gasteiger partial charge on any atom is -0.497 e. The summed E-state index contributed by atoms with van der Waals surface area (Å²) in [5, 5.41) is 3.13. The van der Waals surface area contributed by atoms with Gasteiger partial charge in [-0.2, -0.15) is 0 Å². The number of hydrogen-bond donors (Lipinski definition) is 1. The maximum atomic E-state index is 12.3. The number of hydrogen-bond acceptors (Lipinski definition) is 3. The Balaban J connectivity index is 2.01. The summed E-state index contributed by atoms with van der Waals surface area (Å²) in [6.45, 7) is 6.50. The highest BCUT2D eigenvalue weighted by Gasteiger charge is 2.28. The average molecular weight is 260 g/mol. The van der Waals surface area contributed by atoms with Crippen LogP contribution in [-0.2, 0) is 11.3 Å². The van der Waals surface area contributed by atoms with Crippen LogP contribution in [0.2, 0.25) is 0 Å². The third kappa shape index (κ3) is 3.35. The first kappa shape index (κ1) is 13.6. The molecule has 4 nitrogen and oxygen atoms in total. The quantitative estimate of drug-likeness (QED) is 0.787. The first-order valence-corrected chi connectivity index (χ1v) is 6.48. The van der Waals surface area contributed by atoms with Crippen molar-refractivity contribution in [3.8, 4) is 5.75 Å². The molecule has 1 saturated heterocycles. The monoisotopic (exact) mass is 260 g/mol. The maximum absolute atomic E-state index is 12.3. The van der Waals surface area contributed by atoms with Gasteiger partial charge in [-0.1, -0.05) is 18.2 Å². The van der Waals surface area contributed by atoms with E-state index in [1.54, 1.807) is 13.2 Å². The number of amides is 1. The van der Waals surface area contributed by atoms with Crippen LogP contribution in [-0.4, -0.2) is 37.6 Å². The zero-order valence-corrected chi connectivity index (χ0v) is 11.3. The lowest BCUT2D eigenvalue weighted by Crippen LogP contribution is -2.51. The molecule has 0 saturated carbocycles. The van der Waals surface area contributed by atoms with Crippen molar-refractivity contribution in [2.75, 3.05) is 26.7 Å². The Morgan fingerprint density at radius 2 is 2.16 bits per heavy atom. The van der Waals surface area contributed by atoms with E-state index in [0.717, 1.165) is 24.4 Å². The van der Waals surface area contributed by atoms with Gasteiger partial charge in [0, 0.05) is 26.2 Å². The molecule has 102 valence electrons. The fourth-order valence-electron chi connectivity index (χ4n) is 2.06. The summed E-state index contributed by atoms with van der Waals surface area (Å²) in [5.41, 5.74) is 1.10. The molecule has 1 N–H and O–H groups in total. The molecule has 4 heteroatoms. The molecule has 0 spiro atoms. The molecule has 0 bridgehead atoms. The van der Waals surface area contributed by atoms with Gasteiger partial charge in [-0.15, -0.1) is 6.58 Å². The lowest BCUT2D eigenvalue weighted by molar-refractivity contribution is -0.137. The number of nitrogens with one attached hydrogen (secondary N) is 1. The number of carbonyl (C=O) groups is 1. The first-order chi connectivity index (χ1) is 9.24. The topological polar surface area (TPSA) is 41.6 Å². The van der Waals surface area contributed by atoms with Gasteiger partial charge in [0.1, 0.15) is 5.75 Å². The summed E-state index contributed by atoms with van der Waals surface area (Å²) >= 11 is 0. The van der Waals surface area contributed by atoms with E-state index in [-0.39, 0.29) is 11.8 Å². The first-order valence-electron chi connectivity index (χ1n) is 6.48. The Kier molecular flexibility index (Phi) is 4.58. The Labute approximate surface area is 114 Å². The fourth-order valence-corrected chi connectivity index (χ4v) is 2.06. The molecule has 0 radical (unpaired) electrons. The molecule has 1 heterocycles. The number of methoxy groups -OCH3 is 1. The second-order valence-corrected chi connectivity index (χ2v) is 4.71. The molecule has 0 aliphatic carbocycles. The average Bonchev–Trinajstić information content (AvgIpc) is 2.37. The second kappa shape index (κ2) is 6.38. The largest absolute Gasteiger partial charge is 0.497 e. The van der Waals surface area contributed by atoms with Gasteiger partial charge in [-0.25, -0.2) is 0 Å². The molecule has 1 fully saturated rings. The van der Waals surface area contributed by atoms with E-state index < -0.39 is 0 Å². The van der Waals surface area contributed by atoms with Crippen molar-refractivity contribution in [1.82, 2.24) is 10.2 Å². The zero-order chi connectivity index (χ0) is 13.7. The molecule has 0 atom stereocenters. The van der Waals surface area contributed by atoms with Gasteiger partial charge in [-0.05, 0) is 17.7 Å². The van der Waals surface area contributed by atoms with Crippen molar-refractivity contribution >= 4 is 5.91 Å². The summed E-state index contributed by atoms with van der Waals surface area (Å²) in [7, 11) is 1.64. The van der Waals surface area contributed by atoms with E-state index in [0.29, 0.717) is 13.1 Å². The third-order valence-corrected chi connectivity index (χ3v) is 3.32. The molecule has 1 aromatic carbocycles. The van der Waals surface area contributed by atoms with E-state index in [1.165, 1.54) is 0 Å². The highest BCUT2D eigenvalue weighted by Crippen LogP contribution is 2.15. The molecule has 1 aliphatic rings. The minimum absolute atomic E-state index is 0.123. The van der Waals surface area contributed by atoms with Crippen LogP contribution < -0.4 is 10.1 Å². The summed E-state index contributed by atoms with van der Waals surface area (Å²) in [6, 6.07) is 7.80. The highest BCUT2D eigenvalue weighted by atomic mass is 16.5. The Hall–Kier alpha value is -1.81. The Morgan fingerprint density at radius 3 is 2.63 bits per heavy atom. The van der Waals surface area contributed by atoms with Crippen molar-refractivity contribution in [3.05, 3.63) is 42.5 Å². The summed E-state index contributed by atoms with van der Waals surface area (Å²) < 4.78 is 5.13. The van der Waals surface area contributed by atoms with E-state index in [2.05, 4.69) is 11.9 Å². The van der Waals surface area contributed by atoms with Gasteiger partial charge in [-0.3, -0.25) is 4.79 Å². The van der Waals surface area contributed by atoms with Crippen molar-refractivity contribution in [1.29, 1.82) is 0 Å². The van der Waals surface area contributed by atoms with Crippen LogP contribution in [0.3, 0.4) is 0 Å². The van der Waals surface area contributed by atoms with E-state index in [9.17, 15) is 4.79 Å². The summed E-state index contributed by atoms with van der Waals surface area (Å²) in [4.78, 5) is 14.1. The minimum atomic E-state index is 0.123. The van der Waals surface area contributed by atoms with Gasteiger partial charge >= 0.3 is 0 Å². The second-order valence-electron chi connectivity index (χ2n) is 4.71. The van der Waals surface area contributed by atoms with Gasteiger partial charge in [0.25, 0.3) is 0 Å². The van der Waals surface area contributed by atoms with Crippen LogP contribution in [0.1, 0.15) is 5.56 Å². The summed E-state index contributed by atoms with van der Waals surface area (Å²) in [6.07, 6.45) is 1.77. The van der Waals surface area contributed by atoms with Crippen molar-refractivity contribution in [2.45, 2.75) is 6.54 Å². The van der Waals surface area contributed by atoms with Crippen LogP contribution >= 0.6 is 0 Å². The van der Waals surface area contributed by atoms with E-state index in [4.69, 9.17) is 4.74 Å². The molecule has 19 heavy (non-hydrogen) atoms. The van der Waals surface area contributed by atoms with Crippen molar-refractivity contribution in [2.24, 2.45) is 5.92 Å². The van der Waals surface area contributed by atoms with Crippen molar-refractivity contribution in [3.63, 3.8) is 0 Å². The predicted molar refractivity (Wildman–Crippen MR) is 75.0 cm³/mol. The maximum Gasteiger partial charge on any atom is 0.228 e. The third-order valence-electron chi connectivity index (χ3n) is 3.32. The fraction of sp³-hybridized carbons (Fsp3) is 0.400. The molecule has 1 aromatic rings. The van der Waals surface area contributed by atoms with Crippen LogP contribution in [0.25, 0.3) is 0 Å². The van der Waals surface area contributed by atoms with Crippen LogP contribution in [0.5, 0.6) is 5.75 Å². The SMILES string of the molecule is C=CCN(Cc1ccc(OC)cc1)C(=O)C1CNC1. The van der Waals surface area contributed by atoms with Crippen molar-refractivity contribution < 1.29 is 9.53 Å². The number of rotatable bonds is 6. The number of carbonyl (C=O) groups excluding carboxylic acids is 1. The van der Waals surface area contributed by atoms with Gasteiger partial charge < -0.3 is 15.0 Å². The normalized spacial score (nSPS) is 14.6. The van der Waals surface area contributed by atoms with E-state index >= 15 is 0 Å². The molecular weight excluding hydrogens is 240 g/mol. The van der Waals surface area contributed by atoms with Crippen LogP contribution in [0, 0.1) is 5.92 Å². The molecule has 1 amide bonds. The lowest BCUT2D eigenvalue weighted by atomic mass is 10.0. The van der Waals surface area contributed by atoms with Crippen LogP contribution in [0.15, 0.2) is 36.9 Å². The number of benzene rings is 1. The van der Waals surface area contributed by atoms with Gasteiger partial charge in [0.05, 0.1) is 13.0 Å². The van der Waals surface area contributed by atoms with Crippen LogP contribution in [0.4, 0.5) is 0 Å². The van der Waals surface area contributed by atoms with Gasteiger partial charge in [0.2, 0.25) is 5.91 Å². The Bertz CT molecular complexity index is 438. The molecule has 0 aromatic heterocycles. The number of ether oxygens (including phenoxy) is 1. The molecule has 2 rings (SSSR count). The Morgan fingerprint density at radius 1 is 1.47 bits per heavy atom. The smallest absolute Gasteiger partial charge is 0.228 e. The molecule has 0 unspecified atom stereocenters. The van der Waals surface area contributed by atoms with E-state index in [1.807, 2.05) is 29.2 Å². The lowest BCUT2D eigenvalue weighted by Gasteiger charge is -2.32. The molecular formula is C15H20N2O2. The predicted octanol–water partition coefficient (Wildman–Crippen LogP) is 1.43. The molecule has 1 aliphatic heterocycles. The zero-order valence-electron chi connectivity index (χ0n) is 11.3. The number of nitrogens with zero attached hydrogens (tertiary/aromatic N) is 1. The summed E-state index contributed by atoms with van der Waals surface area (Å²) in [5.74, 6) is 1.15. The standard InChI is InChI=1S/C15H20N2O2/c1-3-8-17(15(18)13-9-16-10-13)11-12-4-6-14(19-2)7-5-12/h3-7,13,16H,1,8-11H2,2H3. The highest BCUT2D eigenvalue weighted by molar-refractivity contribution is 5.80. The van der Waals surface area contributed by atoms with Gasteiger partial charge in [0.15, 0.2) is 0 Å².